The lowest BCUT2D eigenvalue weighted by molar-refractivity contribution is 0.0129. The monoisotopic (exact) mass is 285 g/mol. The van der Waals surface area contributed by atoms with Crippen molar-refractivity contribution >= 4 is 6.03 Å². The van der Waals surface area contributed by atoms with Crippen molar-refractivity contribution < 1.29 is 9.53 Å². The predicted octanol–water partition coefficient (Wildman–Crippen LogP) is 1.69. The van der Waals surface area contributed by atoms with E-state index in [0.717, 1.165) is 39.3 Å². The van der Waals surface area contributed by atoms with Crippen LogP contribution in [0.1, 0.15) is 34.1 Å². The van der Waals surface area contributed by atoms with Crippen LogP contribution in [0, 0.1) is 11.8 Å². The summed E-state index contributed by atoms with van der Waals surface area (Å²) in [5.41, 5.74) is 0. The first-order chi connectivity index (χ1) is 9.49. The molecule has 20 heavy (non-hydrogen) atoms. The van der Waals surface area contributed by atoms with Gasteiger partial charge in [-0.2, -0.15) is 0 Å². The lowest BCUT2D eigenvalue weighted by Crippen LogP contribution is -2.50. The average Bonchev–Trinajstić information content (AvgIpc) is 2.41. The van der Waals surface area contributed by atoms with Gasteiger partial charge in [-0.05, 0) is 18.3 Å². The molecule has 1 atom stereocenters. The minimum Gasteiger partial charge on any atom is -0.379 e. The maximum Gasteiger partial charge on any atom is 0.314 e. The second-order valence-electron chi connectivity index (χ2n) is 6.42. The molecule has 0 spiro atoms. The molecule has 1 aliphatic heterocycles. The van der Waals surface area contributed by atoms with Gasteiger partial charge in [0.1, 0.15) is 0 Å². The Labute approximate surface area is 123 Å². The van der Waals surface area contributed by atoms with Crippen molar-refractivity contribution in [3.8, 4) is 0 Å². The van der Waals surface area contributed by atoms with E-state index >= 15 is 0 Å². The number of morpholine rings is 1. The Kier molecular flexibility index (Phi) is 7.92. The van der Waals surface area contributed by atoms with Crippen LogP contribution in [0.3, 0.4) is 0 Å². The molecule has 1 aliphatic rings. The van der Waals surface area contributed by atoms with Crippen molar-refractivity contribution in [1.82, 2.24) is 15.5 Å². The Morgan fingerprint density at radius 2 is 1.65 bits per heavy atom. The molecular weight excluding hydrogens is 254 g/mol. The summed E-state index contributed by atoms with van der Waals surface area (Å²) in [5, 5.41) is 5.91. The van der Waals surface area contributed by atoms with Crippen molar-refractivity contribution in [3.63, 3.8) is 0 Å². The third-order valence-corrected chi connectivity index (χ3v) is 3.47. The molecule has 1 fully saturated rings. The van der Waals surface area contributed by atoms with Crippen LogP contribution in [0.4, 0.5) is 4.79 Å². The lowest BCUT2D eigenvalue weighted by atomic mass is 10.0. The molecule has 0 aliphatic carbocycles. The van der Waals surface area contributed by atoms with Crippen molar-refractivity contribution in [3.05, 3.63) is 0 Å². The highest BCUT2D eigenvalue weighted by Gasteiger charge is 2.22. The maximum atomic E-state index is 11.8. The van der Waals surface area contributed by atoms with E-state index in [1.807, 2.05) is 0 Å². The van der Waals surface area contributed by atoms with Gasteiger partial charge in [0.2, 0.25) is 0 Å². The molecule has 2 amide bonds. The summed E-state index contributed by atoms with van der Waals surface area (Å²) < 4.78 is 5.40. The normalized spacial score (nSPS) is 18.3. The predicted molar refractivity (Wildman–Crippen MR) is 81.9 cm³/mol. The molecule has 0 radical (unpaired) electrons. The fourth-order valence-corrected chi connectivity index (χ4v) is 2.42. The van der Waals surface area contributed by atoms with E-state index in [-0.39, 0.29) is 6.03 Å². The molecule has 0 bridgehead atoms. The molecular formula is C15H31N3O2. The molecule has 1 rings (SSSR count). The van der Waals surface area contributed by atoms with E-state index in [0.29, 0.717) is 24.4 Å². The lowest BCUT2D eigenvalue weighted by Gasteiger charge is -2.35. The topological polar surface area (TPSA) is 53.6 Å². The second-order valence-corrected chi connectivity index (χ2v) is 6.42. The van der Waals surface area contributed by atoms with E-state index in [1.54, 1.807) is 0 Å². The van der Waals surface area contributed by atoms with Crippen molar-refractivity contribution in [1.29, 1.82) is 0 Å². The minimum atomic E-state index is -0.0549. The van der Waals surface area contributed by atoms with Crippen LogP contribution in [0.15, 0.2) is 0 Å². The van der Waals surface area contributed by atoms with Crippen LogP contribution in [0.5, 0.6) is 0 Å². The van der Waals surface area contributed by atoms with Gasteiger partial charge >= 0.3 is 6.03 Å². The number of nitrogens with one attached hydrogen (secondary N) is 2. The molecule has 1 saturated heterocycles. The number of urea groups is 1. The summed E-state index contributed by atoms with van der Waals surface area (Å²) in [7, 11) is 0. The van der Waals surface area contributed by atoms with Gasteiger partial charge in [0.25, 0.3) is 0 Å². The van der Waals surface area contributed by atoms with Gasteiger partial charge in [-0.3, -0.25) is 4.90 Å². The maximum absolute atomic E-state index is 11.8. The average molecular weight is 285 g/mol. The Bertz CT molecular complexity index is 276. The Morgan fingerprint density at radius 1 is 1.05 bits per heavy atom. The minimum absolute atomic E-state index is 0.0549. The van der Waals surface area contributed by atoms with Gasteiger partial charge in [-0.1, -0.05) is 27.7 Å². The van der Waals surface area contributed by atoms with Crippen LogP contribution < -0.4 is 10.6 Å². The number of ether oxygens (including phenoxy) is 1. The van der Waals surface area contributed by atoms with E-state index in [9.17, 15) is 4.79 Å². The largest absolute Gasteiger partial charge is 0.379 e. The third kappa shape index (κ3) is 7.10. The Morgan fingerprint density at radius 3 is 2.20 bits per heavy atom. The van der Waals surface area contributed by atoms with E-state index in [2.05, 4.69) is 43.2 Å². The number of rotatable bonds is 7. The first-order valence-electron chi connectivity index (χ1n) is 7.82. The molecule has 5 heteroatoms. The molecule has 5 nitrogen and oxygen atoms in total. The second kappa shape index (κ2) is 9.19. The van der Waals surface area contributed by atoms with Crippen LogP contribution >= 0.6 is 0 Å². The number of carbonyl (C=O) groups excluding carboxylic acids is 1. The zero-order chi connectivity index (χ0) is 15.0. The SMILES string of the molecule is CC(C)CNC(=O)NCC(CC(C)C)N1CCOCC1. The van der Waals surface area contributed by atoms with Crippen LogP contribution in [0.2, 0.25) is 0 Å². The van der Waals surface area contributed by atoms with Crippen molar-refractivity contribution in [2.24, 2.45) is 11.8 Å². The molecule has 0 aromatic heterocycles. The summed E-state index contributed by atoms with van der Waals surface area (Å²) in [6.07, 6.45) is 1.10. The van der Waals surface area contributed by atoms with E-state index in [4.69, 9.17) is 4.74 Å². The number of hydrogen-bond donors (Lipinski definition) is 2. The molecule has 0 saturated carbocycles. The number of carbonyl (C=O) groups is 1. The number of amides is 2. The molecule has 118 valence electrons. The summed E-state index contributed by atoms with van der Waals surface area (Å²) in [5.74, 6) is 1.11. The Balaban J connectivity index is 2.37. The zero-order valence-electron chi connectivity index (χ0n) is 13.4. The van der Waals surface area contributed by atoms with Gasteiger partial charge < -0.3 is 15.4 Å². The summed E-state index contributed by atoms with van der Waals surface area (Å²) in [6, 6.07) is 0.351. The van der Waals surface area contributed by atoms with E-state index in [1.165, 1.54) is 0 Å². The van der Waals surface area contributed by atoms with E-state index < -0.39 is 0 Å². The van der Waals surface area contributed by atoms with Gasteiger partial charge in [0.05, 0.1) is 13.2 Å². The Hall–Kier alpha value is -0.810. The van der Waals surface area contributed by atoms with Gasteiger partial charge in [0, 0.05) is 32.2 Å². The third-order valence-electron chi connectivity index (χ3n) is 3.47. The summed E-state index contributed by atoms with van der Waals surface area (Å²) in [4.78, 5) is 14.2. The standard InChI is InChI=1S/C15H31N3O2/c1-12(2)9-14(18-5-7-20-8-6-18)11-17-15(19)16-10-13(3)4/h12-14H,5-11H2,1-4H3,(H2,16,17,19). The van der Waals surface area contributed by atoms with Crippen molar-refractivity contribution in [2.75, 3.05) is 39.4 Å². The number of nitrogens with zero attached hydrogens (tertiary/aromatic N) is 1. The van der Waals surface area contributed by atoms with Crippen LogP contribution in [-0.2, 0) is 4.74 Å². The van der Waals surface area contributed by atoms with Gasteiger partial charge in [0.15, 0.2) is 0 Å². The van der Waals surface area contributed by atoms with Crippen molar-refractivity contribution in [2.45, 2.75) is 40.2 Å². The molecule has 0 aromatic carbocycles. The summed E-state index contributed by atoms with van der Waals surface area (Å²) >= 11 is 0. The van der Waals surface area contributed by atoms with Gasteiger partial charge in [-0.15, -0.1) is 0 Å². The van der Waals surface area contributed by atoms with Crippen LogP contribution in [0.25, 0.3) is 0 Å². The van der Waals surface area contributed by atoms with Gasteiger partial charge in [-0.25, -0.2) is 4.79 Å². The molecule has 1 unspecified atom stereocenters. The highest BCUT2D eigenvalue weighted by molar-refractivity contribution is 5.73. The fourth-order valence-electron chi connectivity index (χ4n) is 2.42. The quantitative estimate of drug-likeness (QED) is 0.748. The number of hydrogen-bond acceptors (Lipinski definition) is 3. The first-order valence-corrected chi connectivity index (χ1v) is 7.82. The highest BCUT2D eigenvalue weighted by Crippen LogP contribution is 2.12. The smallest absolute Gasteiger partial charge is 0.314 e. The zero-order valence-corrected chi connectivity index (χ0v) is 13.4. The molecule has 1 heterocycles. The fraction of sp³-hybridized carbons (Fsp3) is 0.933. The molecule has 2 N–H and O–H groups in total. The van der Waals surface area contributed by atoms with Crippen LogP contribution in [-0.4, -0.2) is 56.4 Å². The summed E-state index contributed by atoms with van der Waals surface area (Å²) in [6.45, 7) is 13.6. The first kappa shape index (κ1) is 17.2. The highest BCUT2D eigenvalue weighted by atomic mass is 16.5. The molecule has 0 aromatic rings.